The number of aliphatic hydroxyl groups excluding tert-OH is 1. The molecule has 192 valence electrons. The normalized spacial score (nSPS) is 19.3. The first-order chi connectivity index (χ1) is 17.5. The van der Waals surface area contributed by atoms with Gasteiger partial charge in [0, 0.05) is 36.4 Å². The van der Waals surface area contributed by atoms with Crippen molar-refractivity contribution in [3.63, 3.8) is 0 Å². The first-order valence-electron chi connectivity index (χ1n) is 13.0. The summed E-state index contributed by atoms with van der Waals surface area (Å²) in [6, 6.07) is 13.6. The molecule has 0 radical (unpaired) electrons. The average Bonchev–Trinajstić information content (AvgIpc) is 2.90. The fraction of sp³-hybridized carbons (Fsp3) is 0.483. The lowest BCUT2D eigenvalue weighted by atomic mass is 9.79. The first-order valence-corrected chi connectivity index (χ1v) is 13.0. The van der Waals surface area contributed by atoms with Crippen LogP contribution in [0.3, 0.4) is 0 Å². The van der Waals surface area contributed by atoms with Gasteiger partial charge in [-0.15, -0.1) is 0 Å². The van der Waals surface area contributed by atoms with Gasteiger partial charge in [0.15, 0.2) is 0 Å². The molecule has 0 saturated carbocycles. The summed E-state index contributed by atoms with van der Waals surface area (Å²) in [4.78, 5) is 22.8. The van der Waals surface area contributed by atoms with Crippen LogP contribution in [0.5, 0.6) is 5.75 Å². The van der Waals surface area contributed by atoms with Gasteiger partial charge in [-0.05, 0) is 105 Å². The van der Waals surface area contributed by atoms with Crippen molar-refractivity contribution in [1.82, 2.24) is 14.9 Å². The summed E-state index contributed by atoms with van der Waals surface area (Å²) in [6.07, 6.45) is 8.63. The number of nitrogens with zero attached hydrogens (tertiary/aromatic N) is 3. The zero-order valence-electron chi connectivity index (χ0n) is 21.1. The van der Waals surface area contributed by atoms with Crippen molar-refractivity contribution in [2.75, 3.05) is 26.7 Å². The lowest BCUT2D eigenvalue weighted by Gasteiger charge is -2.38. The van der Waals surface area contributed by atoms with E-state index in [4.69, 9.17) is 4.74 Å². The van der Waals surface area contributed by atoms with E-state index in [2.05, 4.69) is 20.9 Å². The van der Waals surface area contributed by atoms with Crippen LogP contribution in [0.1, 0.15) is 55.9 Å². The minimum absolute atomic E-state index is 0.105. The summed E-state index contributed by atoms with van der Waals surface area (Å²) in [5, 5.41) is 21.5. The molecule has 1 unspecified atom stereocenters. The van der Waals surface area contributed by atoms with Crippen molar-refractivity contribution in [3.8, 4) is 5.75 Å². The number of hydrogen-bond acceptors (Lipinski definition) is 6. The molecule has 0 spiro atoms. The molecule has 7 nitrogen and oxygen atoms in total. The largest absolute Gasteiger partial charge is 0.497 e. The van der Waals surface area contributed by atoms with Gasteiger partial charge >= 0.3 is 5.97 Å². The Morgan fingerprint density at radius 2 is 2.03 bits per heavy atom. The van der Waals surface area contributed by atoms with Gasteiger partial charge in [0.05, 0.1) is 18.7 Å². The number of rotatable bonds is 12. The lowest BCUT2D eigenvalue weighted by molar-refractivity contribution is -0.139. The molecule has 4 rings (SSSR count). The summed E-state index contributed by atoms with van der Waals surface area (Å²) >= 11 is 0. The van der Waals surface area contributed by atoms with E-state index < -0.39 is 12.1 Å². The Kier molecular flexibility index (Phi) is 9.25. The summed E-state index contributed by atoms with van der Waals surface area (Å²) < 4.78 is 5.36. The maximum absolute atomic E-state index is 11.6. The minimum atomic E-state index is -0.741. The molecule has 36 heavy (non-hydrogen) atoms. The second-order valence-corrected chi connectivity index (χ2v) is 9.86. The zero-order chi connectivity index (χ0) is 25.3. The Labute approximate surface area is 213 Å². The first kappa shape index (κ1) is 26.0. The molecule has 2 N–H and O–H groups in total. The van der Waals surface area contributed by atoms with Crippen molar-refractivity contribution in [3.05, 3.63) is 66.1 Å². The number of carbonyl (C=O) groups is 1. The highest BCUT2D eigenvalue weighted by Gasteiger charge is 2.31. The van der Waals surface area contributed by atoms with Gasteiger partial charge in [-0.25, -0.2) is 0 Å². The van der Waals surface area contributed by atoms with E-state index in [1.54, 1.807) is 13.3 Å². The summed E-state index contributed by atoms with van der Waals surface area (Å²) in [5.41, 5.74) is 2.80. The highest BCUT2D eigenvalue weighted by Crippen LogP contribution is 2.34. The number of aryl methyl sites for hydroxylation is 1. The number of hydrogen-bond donors (Lipinski definition) is 2. The number of methoxy groups -OCH3 is 1. The topological polar surface area (TPSA) is 95.8 Å². The number of likely N-dealkylation sites (tertiary alicyclic amines) is 1. The highest BCUT2D eigenvalue weighted by atomic mass is 16.5. The number of aromatic nitrogens is 2. The summed E-state index contributed by atoms with van der Waals surface area (Å²) in [7, 11) is 1.63. The number of aliphatic carboxylic acids is 1. The number of fused-ring (bicyclic) bond motifs is 1. The fourth-order valence-electron chi connectivity index (χ4n) is 5.47. The fourth-order valence-corrected chi connectivity index (χ4v) is 5.47. The van der Waals surface area contributed by atoms with Gasteiger partial charge in [-0.3, -0.25) is 14.8 Å². The quantitative estimate of drug-likeness (QED) is 0.348. The number of ether oxygens (including phenoxy) is 1. The van der Waals surface area contributed by atoms with Gasteiger partial charge in [0.1, 0.15) is 5.75 Å². The Bertz CT molecular complexity index is 1120. The molecule has 0 aliphatic carbocycles. The molecule has 1 saturated heterocycles. The number of carboxylic acid groups (broad SMARTS) is 1. The van der Waals surface area contributed by atoms with Crippen molar-refractivity contribution >= 4 is 16.9 Å². The van der Waals surface area contributed by atoms with Crippen molar-refractivity contribution in [2.45, 2.75) is 51.0 Å². The molecule has 3 aromatic rings. The summed E-state index contributed by atoms with van der Waals surface area (Å²) in [5.74, 6) is 0.393. The molecule has 1 aromatic carbocycles. The molecule has 1 aliphatic heterocycles. The van der Waals surface area contributed by atoms with Crippen LogP contribution in [0.15, 0.2) is 54.9 Å². The maximum atomic E-state index is 11.6. The van der Waals surface area contributed by atoms with Crippen LogP contribution < -0.4 is 4.74 Å². The highest BCUT2D eigenvalue weighted by molar-refractivity contribution is 5.83. The molecule has 3 heterocycles. The second-order valence-electron chi connectivity index (χ2n) is 9.86. The number of pyridine rings is 2. The van der Waals surface area contributed by atoms with E-state index >= 15 is 0 Å². The smallest absolute Gasteiger partial charge is 0.303 e. The van der Waals surface area contributed by atoms with Crippen LogP contribution in [0.2, 0.25) is 0 Å². The van der Waals surface area contributed by atoms with E-state index in [0.717, 1.165) is 79.6 Å². The van der Waals surface area contributed by atoms with Crippen LogP contribution in [0, 0.1) is 11.8 Å². The van der Waals surface area contributed by atoms with E-state index in [0.29, 0.717) is 12.3 Å². The standard InChI is InChI=1S/C29H37N3O4/c1-36-24-9-10-27-26(19-24)25(12-15-31-27)28(33)11-8-21-13-17-32(20-22(21)18-29(34)35)16-5-3-7-23-6-2-4-14-30-23/h2,4,6,9-10,12,14-15,19,21-22,28,33H,3,5,7-8,11,13,16-18,20H2,1H3,(H,34,35)/t21-,22+,28?/m1/s1. The third kappa shape index (κ3) is 7.02. The van der Waals surface area contributed by atoms with Gasteiger partial charge in [-0.2, -0.15) is 0 Å². The molecule has 1 aliphatic rings. The van der Waals surface area contributed by atoms with Gasteiger partial charge < -0.3 is 19.8 Å². The van der Waals surface area contributed by atoms with E-state index in [1.807, 2.05) is 42.6 Å². The van der Waals surface area contributed by atoms with Crippen LogP contribution in [0.25, 0.3) is 10.9 Å². The minimum Gasteiger partial charge on any atom is -0.497 e. The average molecular weight is 492 g/mol. The third-order valence-electron chi connectivity index (χ3n) is 7.45. The van der Waals surface area contributed by atoms with E-state index in [-0.39, 0.29) is 12.3 Å². The Morgan fingerprint density at radius 3 is 2.81 bits per heavy atom. The number of unbranched alkanes of at least 4 members (excludes halogenated alkanes) is 1. The Hall–Kier alpha value is -3.03. The maximum Gasteiger partial charge on any atom is 0.303 e. The van der Waals surface area contributed by atoms with Gasteiger partial charge in [-0.1, -0.05) is 6.07 Å². The number of benzene rings is 1. The van der Waals surface area contributed by atoms with Crippen LogP contribution >= 0.6 is 0 Å². The molecule has 0 amide bonds. The molecule has 2 aromatic heterocycles. The Balaban J connectivity index is 1.31. The second kappa shape index (κ2) is 12.8. The molecular formula is C29H37N3O4. The Morgan fingerprint density at radius 1 is 1.14 bits per heavy atom. The van der Waals surface area contributed by atoms with Gasteiger partial charge in [0.25, 0.3) is 0 Å². The van der Waals surface area contributed by atoms with Crippen LogP contribution in [0.4, 0.5) is 0 Å². The monoisotopic (exact) mass is 491 g/mol. The molecule has 1 fully saturated rings. The van der Waals surface area contributed by atoms with Crippen molar-refractivity contribution < 1.29 is 19.7 Å². The molecule has 0 bridgehead atoms. The van der Waals surface area contributed by atoms with Crippen molar-refractivity contribution in [2.24, 2.45) is 11.8 Å². The van der Waals surface area contributed by atoms with Crippen molar-refractivity contribution in [1.29, 1.82) is 0 Å². The number of carboxylic acids is 1. The lowest BCUT2D eigenvalue weighted by Crippen LogP contribution is -2.41. The van der Waals surface area contributed by atoms with E-state index in [9.17, 15) is 15.0 Å². The number of aliphatic hydroxyl groups is 1. The van der Waals surface area contributed by atoms with Crippen LogP contribution in [-0.4, -0.2) is 57.8 Å². The predicted octanol–water partition coefficient (Wildman–Crippen LogP) is 4.89. The third-order valence-corrected chi connectivity index (χ3v) is 7.45. The van der Waals surface area contributed by atoms with E-state index in [1.165, 1.54) is 0 Å². The van der Waals surface area contributed by atoms with Crippen LogP contribution in [-0.2, 0) is 11.2 Å². The molecule has 3 atom stereocenters. The molecular weight excluding hydrogens is 454 g/mol. The number of piperidine rings is 1. The zero-order valence-corrected chi connectivity index (χ0v) is 21.1. The van der Waals surface area contributed by atoms with Gasteiger partial charge in [0.2, 0.25) is 0 Å². The summed E-state index contributed by atoms with van der Waals surface area (Å²) in [6.45, 7) is 2.78. The SMILES string of the molecule is COc1ccc2nccc(C(O)CC[C@@H]3CCN(CCCCc4ccccn4)C[C@@H]3CC(=O)O)c2c1. The predicted molar refractivity (Wildman–Crippen MR) is 140 cm³/mol. The molecule has 7 heteroatoms.